The molecule has 2 heteroatoms. The van der Waals surface area contributed by atoms with Gasteiger partial charge in [0.15, 0.2) is 0 Å². The van der Waals surface area contributed by atoms with Crippen LogP contribution in [-0.4, -0.2) is 12.1 Å². The van der Waals surface area contributed by atoms with Crippen LogP contribution in [0.4, 0.5) is 0 Å². The van der Waals surface area contributed by atoms with Crippen molar-refractivity contribution in [3.63, 3.8) is 0 Å². The summed E-state index contributed by atoms with van der Waals surface area (Å²) in [5, 5.41) is 0. The maximum absolute atomic E-state index is 11.3. The first-order valence-electron chi connectivity index (χ1n) is 6.68. The highest BCUT2D eigenvalue weighted by atomic mass is 16.5. The summed E-state index contributed by atoms with van der Waals surface area (Å²) in [6.45, 7) is 10.5. The van der Waals surface area contributed by atoms with Gasteiger partial charge >= 0.3 is 5.97 Å². The fourth-order valence-corrected chi connectivity index (χ4v) is 3.97. The molecule has 0 heterocycles. The smallest absolute Gasteiger partial charge is 0.302 e. The molecule has 0 spiro atoms. The third kappa shape index (κ3) is 2.02. The summed E-state index contributed by atoms with van der Waals surface area (Å²) in [5.74, 6) is 1.58. The van der Waals surface area contributed by atoms with Crippen molar-refractivity contribution in [2.24, 2.45) is 23.2 Å². The Kier molecular flexibility index (Phi) is 3.09. The lowest BCUT2D eigenvalue weighted by Crippen LogP contribution is -2.34. The molecule has 17 heavy (non-hydrogen) atoms. The average molecular weight is 236 g/mol. The Bertz CT molecular complexity index is 354. The zero-order chi connectivity index (χ0) is 12.8. The van der Waals surface area contributed by atoms with Crippen molar-refractivity contribution in [3.8, 4) is 0 Å². The molecular formula is C15H24O2. The average Bonchev–Trinajstić information content (AvgIpc) is 2.40. The predicted octanol–water partition coefficient (Wildman–Crippen LogP) is 3.57. The van der Waals surface area contributed by atoms with E-state index in [0.717, 1.165) is 0 Å². The second-order valence-corrected chi connectivity index (χ2v) is 6.45. The third-order valence-corrected chi connectivity index (χ3v) is 4.84. The molecule has 2 aliphatic carbocycles. The van der Waals surface area contributed by atoms with Gasteiger partial charge in [0.05, 0.1) is 0 Å². The highest BCUT2D eigenvalue weighted by Crippen LogP contribution is 2.55. The van der Waals surface area contributed by atoms with Crippen LogP contribution in [0.3, 0.4) is 0 Å². The van der Waals surface area contributed by atoms with Crippen LogP contribution in [0.5, 0.6) is 0 Å². The molecule has 0 aliphatic heterocycles. The van der Waals surface area contributed by atoms with Crippen LogP contribution in [-0.2, 0) is 9.53 Å². The van der Waals surface area contributed by atoms with Gasteiger partial charge in [0.2, 0.25) is 0 Å². The summed E-state index contributed by atoms with van der Waals surface area (Å²) in [6, 6.07) is 0. The van der Waals surface area contributed by atoms with Gasteiger partial charge in [-0.15, -0.1) is 0 Å². The SMILES string of the molecule is CC(=O)OC1C(C)C2CCC(C)=CC2C1(C)C. The van der Waals surface area contributed by atoms with Crippen LogP contribution in [0, 0.1) is 23.2 Å². The van der Waals surface area contributed by atoms with Gasteiger partial charge in [0.1, 0.15) is 6.10 Å². The van der Waals surface area contributed by atoms with E-state index in [9.17, 15) is 4.79 Å². The molecule has 96 valence electrons. The lowest BCUT2D eigenvalue weighted by atomic mass is 9.72. The second-order valence-electron chi connectivity index (χ2n) is 6.45. The molecule has 0 aromatic rings. The molecule has 1 saturated carbocycles. The van der Waals surface area contributed by atoms with Crippen molar-refractivity contribution >= 4 is 5.97 Å². The van der Waals surface area contributed by atoms with Gasteiger partial charge in [-0.05, 0) is 37.5 Å². The molecule has 4 unspecified atom stereocenters. The highest BCUT2D eigenvalue weighted by molar-refractivity contribution is 5.66. The van der Waals surface area contributed by atoms with Crippen LogP contribution in [0.15, 0.2) is 11.6 Å². The zero-order valence-corrected chi connectivity index (χ0v) is 11.6. The summed E-state index contributed by atoms with van der Waals surface area (Å²) in [6.07, 6.45) is 4.94. The topological polar surface area (TPSA) is 26.3 Å². The van der Waals surface area contributed by atoms with E-state index in [1.807, 2.05) is 0 Å². The molecular weight excluding hydrogens is 212 g/mol. The van der Waals surface area contributed by atoms with Crippen molar-refractivity contribution in [3.05, 3.63) is 11.6 Å². The fraction of sp³-hybridized carbons (Fsp3) is 0.800. The van der Waals surface area contributed by atoms with Crippen molar-refractivity contribution in [2.75, 3.05) is 0 Å². The molecule has 0 saturated heterocycles. The molecule has 0 bridgehead atoms. The summed E-state index contributed by atoms with van der Waals surface area (Å²) >= 11 is 0. The minimum absolute atomic E-state index is 0.0668. The van der Waals surface area contributed by atoms with Gasteiger partial charge in [-0.25, -0.2) is 0 Å². The predicted molar refractivity (Wildman–Crippen MR) is 68.5 cm³/mol. The van der Waals surface area contributed by atoms with Gasteiger partial charge in [-0.1, -0.05) is 32.4 Å². The Morgan fingerprint density at radius 2 is 2.12 bits per heavy atom. The van der Waals surface area contributed by atoms with Gasteiger partial charge in [-0.2, -0.15) is 0 Å². The summed E-state index contributed by atoms with van der Waals surface area (Å²) < 4.78 is 5.60. The molecule has 0 aromatic carbocycles. The number of allylic oxidation sites excluding steroid dienone is 2. The van der Waals surface area contributed by atoms with Crippen LogP contribution < -0.4 is 0 Å². The Labute approximate surface area is 104 Å². The van der Waals surface area contributed by atoms with Crippen molar-refractivity contribution < 1.29 is 9.53 Å². The maximum atomic E-state index is 11.3. The van der Waals surface area contributed by atoms with Crippen LogP contribution in [0.2, 0.25) is 0 Å². The monoisotopic (exact) mass is 236 g/mol. The molecule has 4 atom stereocenters. The molecule has 2 nitrogen and oxygen atoms in total. The van der Waals surface area contributed by atoms with Crippen LogP contribution >= 0.6 is 0 Å². The van der Waals surface area contributed by atoms with Gasteiger partial charge < -0.3 is 4.74 Å². The molecule has 1 fully saturated rings. The minimum Gasteiger partial charge on any atom is -0.462 e. The number of hydrogen-bond acceptors (Lipinski definition) is 2. The first-order valence-corrected chi connectivity index (χ1v) is 6.68. The van der Waals surface area contributed by atoms with Crippen LogP contribution in [0.25, 0.3) is 0 Å². The number of ether oxygens (including phenoxy) is 1. The lowest BCUT2D eigenvalue weighted by Gasteiger charge is -2.34. The standard InChI is InChI=1S/C15H24O2/c1-9-6-7-12-10(2)14(17-11(3)16)15(4,5)13(12)8-9/h8,10,12-14H,6-7H2,1-5H3. The summed E-state index contributed by atoms with van der Waals surface area (Å²) in [4.78, 5) is 11.3. The normalized spacial score (nSPS) is 39.5. The molecule has 2 rings (SSSR count). The largest absolute Gasteiger partial charge is 0.462 e. The van der Waals surface area contributed by atoms with E-state index >= 15 is 0 Å². The third-order valence-electron chi connectivity index (χ3n) is 4.84. The lowest BCUT2D eigenvalue weighted by molar-refractivity contribution is -0.153. The van der Waals surface area contributed by atoms with E-state index in [1.165, 1.54) is 25.3 Å². The van der Waals surface area contributed by atoms with E-state index in [4.69, 9.17) is 4.74 Å². The Balaban J connectivity index is 2.30. The van der Waals surface area contributed by atoms with Gasteiger partial charge in [0.25, 0.3) is 0 Å². The molecule has 2 aliphatic rings. The summed E-state index contributed by atoms with van der Waals surface area (Å²) in [5.41, 5.74) is 1.56. The number of esters is 1. The van der Waals surface area contributed by atoms with E-state index in [0.29, 0.717) is 17.8 Å². The molecule has 0 N–H and O–H groups in total. The van der Waals surface area contributed by atoms with E-state index < -0.39 is 0 Å². The minimum atomic E-state index is -0.144. The summed E-state index contributed by atoms with van der Waals surface area (Å²) in [7, 11) is 0. The Hall–Kier alpha value is -0.790. The molecule has 0 aromatic heterocycles. The number of fused-ring (bicyclic) bond motifs is 1. The maximum Gasteiger partial charge on any atom is 0.302 e. The quantitative estimate of drug-likeness (QED) is 0.514. The number of carbonyl (C=O) groups excluding carboxylic acids is 1. The van der Waals surface area contributed by atoms with Gasteiger partial charge in [-0.3, -0.25) is 4.79 Å². The van der Waals surface area contributed by atoms with Crippen molar-refractivity contribution in [1.82, 2.24) is 0 Å². The number of rotatable bonds is 1. The van der Waals surface area contributed by atoms with E-state index in [2.05, 4.69) is 33.8 Å². The first kappa shape index (κ1) is 12.7. The fourth-order valence-electron chi connectivity index (χ4n) is 3.97. The number of carbonyl (C=O) groups is 1. The Morgan fingerprint density at radius 1 is 1.47 bits per heavy atom. The second kappa shape index (κ2) is 4.15. The molecule has 0 amide bonds. The molecule has 0 radical (unpaired) electrons. The van der Waals surface area contributed by atoms with Gasteiger partial charge in [0, 0.05) is 12.3 Å². The van der Waals surface area contributed by atoms with Crippen LogP contribution in [0.1, 0.15) is 47.5 Å². The van der Waals surface area contributed by atoms with Crippen molar-refractivity contribution in [1.29, 1.82) is 0 Å². The zero-order valence-electron chi connectivity index (χ0n) is 11.6. The van der Waals surface area contributed by atoms with E-state index in [1.54, 1.807) is 0 Å². The Morgan fingerprint density at radius 3 is 2.71 bits per heavy atom. The highest BCUT2D eigenvalue weighted by Gasteiger charge is 2.54. The first-order chi connectivity index (χ1) is 7.84. The van der Waals surface area contributed by atoms with E-state index in [-0.39, 0.29) is 17.5 Å². The van der Waals surface area contributed by atoms with Crippen molar-refractivity contribution in [2.45, 2.75) is 53.6 Å². The number of hydrogen-bond donors (Lipinski definition) is 0.